The van der Waals surface area contributed by atoms with Crippen LogP contribution in [0.4, 0.5) is 0 Å². The second kappa shape index (κ2) is 14.6. The number of phenols is 2. The van der Waals surface area contributed by atoms with Gasteiger partial charge in [-0.3, -0.25) is 0 Å². The van der Waals surface area contributed by atoms with Gasteiger partial charge in [0.2, 0.25) is 0 Å². The Morgan fingerprint density at radius 3 is 1.48 bits per heavy atom. The van der Waals surface area contributed by atoms with Crippen LogP contribution in [-0.2, 0) is 4.52 Å². The largest absolute Gasteiger partial charge is 0.508 e. The van der Waals surface area contributed by atoms with E-state index in [4.69, 9.17) is 4.52 Å². The Hall–Kier alpha value is -1.65. The number of hydrogen-bond acceptors (Lipinski definition) is 5. The standard InChI is InChI=1S/C27H41O5P/c1-3-4-5-6-7-8-9-10-11-12-21-33(30,31)32-22(2)27(23-13-17-25(28)18-14-23)24-15-19-26(29)20-16-24/h13-20,22,27,30-31H,3-12,21H2,1-2H3,(H-,28,29)/p+1. The molecule has 2 rings (SSSR count). The molecule has 1 atom stereocenters. The van der Waals surface area contributed by atoms with E-state index in [1.807, 2.05) is 31.2 Å². The molecule has 184 valence electrons. The van der Waals surface area contributed by atoms with Crippen molar-refractivity contribution in [1.82, 2.24) is 0 Å². The molecule has 6 heteroatoms. The Balaban J connectivity index is 1.86. The van der Waals surface area contributed by atoms with E-state index in [2.05, 4.69) is 6.92 Å². The molecule has 0 saturated heterocycles. The Morgan fingerprint density at radius 1 is 0.667 bits per heavy atom. The van der Waals surface area contributed by atoms with E-state index in [0.717, 1.165) is 30.4 Å². The molecule has 0 fully saturated rings. The predicted octanol–water partition coefficient (Wildman–Crippen LogP) is 7.30. The van der Waals surface area contributed by atoms with E-state index in [9.17, 15) is 20.0 Å². The first-order valence-corrected chi connectivity index (χ1v) is 14.2. The minimum atomic E-state index is -3.49. The molecule has 0 aliphatic heterocycles. The summed E-state index contributed by atoms with van der Waals surface area (Å²) in [5.74, 6) is 0.0744. The molecule has 0 aliphatic rings. The van der Waals surface area contributed by atoms with Crippen LogP contribution >= 0.6 is 7.94 Å². The smallest absolute Gasteiger partial charge is 0.406 e. The Kier molecular flexibility index (Phi) is 12.2. The van der Waals surface area contributed by atoms with E-state index < -0.39 is 14.0 Å². The molecule has 0 spiro atoms. The molecular formula is C27H42O5P+. The van der Waals surface area contributed by atoms with Gasteiger partial charge in [-0.15, -0.1) is 0 Å². The normalized spacial score (nSPS) is 12.9. The Labute approximate surface area is 200 Å². The lowest BCUT2D eigenvalue weighted by Crippen LogP contribution is -2.21. The lowest BCUT2D eigenvalue weighted by molar-refractivity contribution is 0.152. The molecule has 0 heterocycles. The van der Waals surface area contributed by atoms with Crippen molar-refractivity contribution in [2.75, 3.05) is 6.16 Å². The van der Waals surface area contributed by atoms with Crippen molar-refractivity contribution >= 4 is 7.94 Å². The third kappa shape index (κ3) is 10.4. The monoisotopic (exact) mass is 477 g/mol. The SMILES string of the molecule is CCCCCCCCCCCC[P+](O)(O)OC(C)C(c1ccc(O)cc1)c1ccc(O)cc1. The van der Waals surface area contributed by atoms with Crippen molar-refractivity contribution in [2.45, 2.75) is 90.1 Å². The maximum absolute atomic E-state index is 10.6. The fraction of sp³-hybridized carbons (Fsp3) is 0.556. The first kappa shape index (κ1) is 27.6. The van der Waals surface area contributed by atoms with E-state index >= 15 is 0 Å². The van der Waals surface area contributed by atoms with Crippen molar-refractivity contribution in [2.24, 2.45) is 0 Å². The minimum absolute atomic E-state index is 0.170. The van der Waals surface area contributed by atoms with Crippen LogP contribution in [0.1, 0.15) is 95.1 Å². The molecule has 0 aromatic heterocycles. The first-order valence-electron chi connectivity index (χ1n) is 12.4. The molecule has 0 aliphatic carbocycles. The zero-order valence-corrected chi connectivity index (χ0v) is 21.1. The third-order valence-electron chi connectivity index (χ3n) is 6.11. The van der Waals surface area contributed by atoms with Gasteiger partial charge in [0.15, 0.2) is 0 Å². The van der Waals surface area contributed by atoms with Crippen LogP contribution in [0.2, 0.25) is 0 Å². The molecule has 0 saturated carbocycles. The van der Waals surface area contributed by atoms with Gasteiger partial charge in [-0.05, 0) is 55.2 Å². The highest BCUT2D eigenvalue weighted by Crippen LogP contribution is 2.54. The molecule has 5 nitrogen and oxygen atoms in total. The average molecular weight is 478 g/mol. The van der Waals surface area contributed by atoms with Crippen LogP contribution in [0.3, 0.4) is 0 Å². The fourth-order valence-corrected chi connectivity index (χ4v) is 5.68. The van der Waals surface area contributed by atoms with Crippen LogP contribution in [0.15, 0.2) is 48.5 Å². The molecule has 0 amide bonds. The number of phenolic OH excluding ortho intramolecular Hbond substituents is 2. The van der Waals surface area contributed by atoms with Gasteiger partial charge in [0.25, 0.3) is 0 Å². The zero-order valence-electron chi connectivity index (χ0n) is 20.2. The number of aromatic hydroxyl groups is 2. The van der Waals surface area contributed by atoms with Crippen molar-refractivity contribution in [3.8, 4) is 11.5 Å². The maximum Gasteiger partial charge on any atom is 0.406 e. The minimum Gasteiger partial charge on any atom is -0.508 e. The van der Waals surface area contributed by atoms with Gasteiger partial charge in [-0.25, -0.2) is 0 Å². The van der Waals surface area contributed by atoms with E-state index in [-0.39, 0.29) is 23.6 Å². The summed E-state index contributed by atoms with van der Waals surface area (Å²) in [5, 5.41) is 19.3. The summed E-state index contributed by atoms with van der Waals surface area (Å²) < 4.78 is 5.85. The number of hydrogen-bond donors (Lipinski definition) is 4. The highest BCUT2D eigenvalue weighted by molar-refractivity contribution is 7.59. The van der Waals surface area contributed by atoms with Crippen molar-refractivity contribution in [1.29, 1.82) is 0 Å². The summed E-state index contributed by atoms with van der Waals surface area (Å²) in [4.78, 5) is 21.2. The van der Waals surface area contributed by atoms with Crippen LogP contribution < -0.4 is 0 Å². The predicted molar refractivity (Wildman–Crippen MR) is 137 cm³/mol. The summed E-state index contributed by atoms with van der Waals surface area (Å²) in [5.41, 5.74) is 1.79. The zero-order chi connectivity index (χ0) is 24.1. The number of benzene rings is 2. The second-order valence-corrected chi connectivity index (χ2v) is 11.0. The summed E-state index contributed by atoms with van der Waals surface area (Å²) in [6, 6.07) is 13.7. The van der Waals surface area contributed by atoms with Crippen molar-refractivity contribution in [3.05, 3.63) is 59.7 Å². The Bertz CT molecular complexity index is 731. The third-order valence-corrected chi connectivity index (χ3v) is 7.68. The van der Waals surface area contributed by atoms with Gasteiger partial charge < -0.3 is 10.2 Å². The molecule has 0 bridgehead atoms. The van der Waals surface area contributed by atoms with Crippen LogP contribution in [0.25, 0.3) is 0 Å². The van der Waals surface area contributed by atoms with Crippen molar-refractivity contribution in [3.63, 3.8) is 0 Å². The summed E-state index contributed by atoms with van der Waals surface area (Å²) in [6.45, 7) is 4.07. The highest BCUT2D eigenvalue weighted by Gasteiger charge is 2.40. The summed E-state index contributed by atoms with van der Waals surface area (Å²) in [6.07, 6.45) is 11.6. The van der Waals surface area contributed by atoms with Gasteiger partial charge in [0, 0.05) is 5.92 Å². The quantitative estimate of drug-likeness (QED) is 0.150. The first-order chi connectivity index (χ1) is 15.8. The van der Waals surface area contributed by atoms with Crippen molar-refractivity contribution < 1.29 is 24.5 Å². The molecule has 1 unspecified atom stereocenters. The molecule has 2 aromatic rings. The van der Waals surface area contributed by atoms with Gasteiger partial charge in [-0.2, -0.15) is 14.3 Å². The van der Waals surface area contributed by atoms with Crippen LogP contribution in [-0.4, -0.2) is 32.3 Å². The molecule has 4 N–H and O–H groups in total. The molecule has 0 radical (unpaired) electrons. The van der Waals surface area contributed by atoms with Crippen LogP contribution in [0, 0.1) is 0 Å². The van der Waals surface area contributed by atoms with Gasteiger partial charge >= 0.3 is 7.94 Å². The Morgan fingerprint density at radius 2 is 1.06 bits per heavy atom. The summed E-state index contributed by atoms with van der Waals surface area (Å²) >= 11 is 0. The van der Waals surface area contributed by atoms with Gasteiger partial charge in [0.1, 0.15) is 23.8 Å². The van der Waals surface area contributed by atoms with Crippen LogP contribution in [0.5, 0.6) is 11.5 Å². The number of rotatable bonds is 16. The van der Waals surface area contributed by atoms with E-state index in [1.165, 1.54) is 44.9 Å². The lowest BCUT2D eigenvalue weighted by Gasteiger charge is -2.25. The lowest BCUT2D eigenvalue weighted by atomic mass is 9.87. The summed E-state index contributed by atoms with van der Waals surface area (Å²) in [7, 11) is -3.49. The number of unbranched alkanes of at least 4 members (excludes halogenated alkanes) is 9. The second-order valence-electron chi connectivity index (χ2n) is 9.04. The molecular weight excluding hydrogens is 435 g/mol. The fourth-order valence-electron chi connectivity index (χ4n) is 4.28. The topological polar surface area (TPSA) is 90.2 Å². The molecule has 33 heavy (non-hydrogen) atoms. The molecule has 2 aromatic carbocycles. The highest BCUT2D eigenvalue weighted by atomic mass is 31.2. The van der Waals surface area contributed by atoms with Gasteiger partial charge in [-0.1, -0.05) is 82.6 Å². The van der Waals surface area contributed by atoms with E-state index in [1.54, 1.807) is 24.3 Å². The van der Waals surface area contributed by atoms with E-state index in [0.29, 0.717) is 0 Å². The van der Waals surface area contributed by atoms with Gasteiger partial charge in [0.05, 0.1) is 0 Å². The average Bonchev–Trinajstić information content (AvgIpc) is 2.77. The maximum atomic E-state index is 10.6.